The Kier molecular flexibility index (Phi) is 7.05. The fraction of sp³-hybridized carbons (Fsp3) is 0.318. The van der Waals surface area contributed by atoms with Crippen LogP contribution in [-0.4, -0.2) is 28.4 Å². The van der Waals surface area contributed by atoms with Crippen molar-refractivity contribution >= 4 is 11.8 Å². The molecular formula is C22H21N3O4. The smallest absolute Gasteiger partial charge is 0.306 e. The molecule has 7 heteroatoms. The zero-order chi connectivity index (χ0) is 21.6. The van der Waals surface area contributed by atoms with E-state index < -0.39 is 17.5 Å². The number of nitrogens with zero attached hydrogens (tertiary/aromatic N) is 3. The molecule has 0 saturated carbocycles. The molecular weight excluding hydrogens is 370 g/mol. The molecule has 0 fully saturated rings. The number of esters is 1. The van der Waals surface area contributed by atoms with Crippen molar-refractivity contribution in [1.29, 1.82) is 10.5 Å². The second kappa shape index (κ2) is 9.48. The highest BCUT2D eigenvalue weighted by Crippen LogP contribution is 2.26. The van der Waals surface area contributed by atoms with Crippen LogP contribution in [0.2, 0.25) is 0 Å². The molecule has 29 heavy (non-hydrogen) atoms. The number of hydrogen-bond acceptors (Lipinski definition) is 7. The van der Waals surface area contributed by atoms with Crippen LogP contribution in [0.15, 0.2) is 18.2 Å². The van der Waals surface area contributed by atoms with Crippen LogP contribution in [0.3, 0.4) is 0 Å². The van der Waals surface area contributed by atoms with E-state index in [1.54, 1.807) is 19.1 Å². The molecule has 0 atom stereocenters. The number of aryl methyl sites for hydroxylation is 2. The standard InChI is InChI=1S/C22H21N3O4/c1-4-29-20(27)6-5-19(26)21-22(28)16(12-24)9-17(25-21)10-18-13(2)7-15(11-23)8-14(18)3/h7-9,28H,4-6,10H2,1-3H3. The van der Waals surface area contributed by atoms with Gasteiger partial charge in [-0.1, -0.05) is 0 Å². The van der Waals surface area contributed by atoms with Crippen molar-refractivity contribution in [1.82, 2.24) is 4.98 Å². The summed E-state index contributed by atoms with van der Waals surface area (Å²) in [5.41, 5.74) is 3.42. The van der Waals surface area contributed by atoms with Gasteiger partial charge in [0, 0.05) is 18.5 Å². The number of ketones is 1. The van der Waals surface area contributed by atoms with Gasteiger partial charge in [0.1, 0.15) is 11.8 Å². The number of carbonyl (C=O) groups is 2. The second-order valence-corrected chi connectivity index (χ2v) is 6.58. The Morgan fingerprint density at radius 3 is 2.31 bits per heavy atom. The maximum absolute atomic E-state index is 12.5. The molecule has 1 aromatic heterocycles. The highest BCUT2D eigenvalue weighted by atomic mass is 16.5. The van der Waals surface area contributed by atoms with Crippen molar-refractivity contribution in [3.63, 3.8) is 0 Å². The predicted octanol–water partition coefficient (Wildman–Crippen LogP) is 3.26. The molecule has 0 amide bonds. The van der Waals surface area contributed by atoms with Crippen LogP contribution in [-0.2, 0) is 16.0 Å². The third-order valence-corrected chi connectivity index (χ3v) is 4.47. The third kappa shape index (κ3) is 5.18. The van der Waals surface area contributed by atoms with Crippen molar-refractivity contribution in [3.8, 4) is 17.9 Å². The summed E-state index contributed by atoms with van der Waals surface area (Å²) < 4.78 is 4.80. The summed E-state index contributed by atoms with van der Waals surface area (Å²) in [4.78, 5) is 28.2. The highest BCUT2D eigenvalue weighted by molar-refractivity contribution is 5.98. The van der Waals surface area contributed by atoms with Crippen LogP contribution in [0.4, 0.5) is 0 Å². The topological polar surface area (TPSA) is 124 Å². The van der Waals surface area contributed by atoms with E-state index in [-0.39, 0.29) is 30.7 Å². The SMILES string of the molecule is CCOC(=O)CCC(=O)c1nc(Cc2c(C)cc(C#N)cc2C)cc(C#N)c1O. The van der Waals surface area contributed by atoms with E-state index in [0.717, 1.165) is 16.7 Å². The Morgan fingerprint density at radius 2 is 1.76 bits per heavy atom. The fourth-order valence-corrected chi connectivity index (χ4v) is 3.05. The van der Waals surface area contributed by atoms with Crippen molar-refractivity contribution in [2.45, 2.75) is 40.0 Å². The molecule has 0 saturated heterocycles. The molecule has 0 bridgehead atoms. The molecule has 1 N–H and O–H groups in total. The van der Waals surface area contributed by atoms with Gasteiger partial charge >= 0.3 is 5.97 Å². The molecule has 2 aromatic rings. The van der Waals surface area contributed by atoms with Gasteiger partial charge in [-0.15, -0.1) is 0 Å². The molecule has 7 nitrogen and oxygen atoms in total. The molecule has 0 aliphatic rings. The van der Waals surface area contributed by atoms with Crippen molar-refractivity contribution in [2.24, 2.45) is 0 Å². The lowest BCUT2D eigenvalue weighted by Crippen LogP contribution is -2.11. The van der Waals surface area contributed by atoms with Gasteiger partial charge in [-0.05, 0) is 55.7 Å². The Hall–Kier alpha value is -3.71. The van der Waals surface area contributed by atoms with Gasteiger partial charge in [-0.25, -0.2) is 4.98 Å². The molecule has 0 aliphatic carbocycles. The van der Waals surface area contributed by atoms with Gasteiger partial charge in [0.25, 0.3) is 0 Å². The number of nitriles is 2. The molecule has 0 radical (unpaired) electrons. The second-order valence-electron chi connectivity index (χ2n) is 6.58. The van der Waals surface area contributed by atoms with Crippen molar-refractivity contribution in [3.05, 3.63) is 57.4 Å². The van der Waals surface area contributed by atoms with Crippen LogP contribution >= 0.6 is 0 Å². The number of hydrogen-bond donors (Lipinski definition) is 1. The van der Waals surface area contributed by atoms with Crippen LogP contribution in [0.1, 0.15) is 63.8 Å². The number of benzene rings is 1. The Labute approximate surface area is 169 Å². The average Bonchev–Trinajstić information content (AvgIpc) is 2.69. The van der Waals surface area contributed by atoms with Crippen molar-refractivity contribution in [2.75, 3.05) is 6.61 Å². The number of Topliss-reactive ketones (excluding diaryl/α,β-unsaturated/α-hetero) is 1. The molecule has 1 aromatic carbocycles. The summed E-state index contributed by atoms with van der Waals surface area (Å²) in [7, 11) is 0. The molecule has 0 spiro atoms. The number of ether oxygens (including phenoxy) is 1. The summed E-state index contributed by atoms with van der Waals surface area (Å²) in [5.74, 6) is -1.54. The predicted molar refractivity (Wildman–Crippen MR) is 104 cm³/mol. The van der Waals surface area contributed by atoms with Crippen molar-refractivity contribution < 1.29 is 19.4 Å². The zero-order valence-corrected chi connectivity index (χ0v) is 16.6. The first-order valence-corrected chi connectivity index (χ1v) is 9.12. The maximum atomic E-state index is 12.5. The Bertz CT molecular complexity index is 1020. The lowest BCUT2D eigenvalue weighted by molar-refractivity contribution is -0.143. The van der Waals surface area contributed by atoms with Gasteiger partial charge in [0.05, 0.1) is 30.2 Å². The third-order valence-electron chi connectivity index (χ3n) is 4.47. The summed E-state index contributed by atoms with van der Waals surface area (Å²) in [6, 6.07) is 8.95. The summed E-state index contributed by atoms with van der Waals surface area (Å²) in [5, 5.41) is 28.6. The minimum absolute atomic E-state index is 0.0570. The fourth-order valence-electron chi connectivity index (χ4n) is 3.05. The lowest BCUT2D eigenvalue weighted by Gasteiger charge is -2.12. The van der Waals surface area contributed by atoms with E-state index in [2.05, 4.69) is 11.1 Å². The number of aromatic hydroxyl groups is 1. The maximum Gasteiger partial charge on any atom is 0.306 e. The average molecular weight is 391 g/mol. The van der Waals surface area contributed by atoms with E-state index in [1.165, 1.54) is 6.07 Å². The van der Waals surface area contributed by atoms with Crippen LogP contribution in [0.25, 0.3) is 0 Å². The first-order valence-electron chi connectivity index (χ1n) is 9.12. The molecule has 0 aliphatic heterocycles. The number of pyridine rings is 1. The van der Waals surface area contributed by atoms with E-state index >= 15 is 0 Å². The number of aromatic nitrogens is 1. The van der Waals surface area contributed by atoms with Gasteiger partial charge in [-0.2, -0.15) is 10.5 Å². The molecule has 0 unspecified atom stereocenters. The van der Waals surface area contributed by atoms with Gasteiger partial charge in [-0.3, -0.25) is 9.59 Å². The lowest BCUT2D eigenvalue weighted by atomic mass is 9.95. The first-order chi connectivity index (χ1) is 13.8. The van der Waals surface area contributed by atoms with Gasteiger partial charge in [0.15, 0.2) is 11.5 Å². The van der Waals surface area contributed by atoms with E-state index in [9.17, 15) is 20.0 Å². The minimum atomic E-state index is -0.540. The largest absolute Gasteiger partial charge is 0.504 e. The number of rotatable bonds is 7. The molecule has 1 heterocycles. The quantitative estimate of drug-likeness (QED) is 0.567. The van der Waals surface area contributed by atoms with Gasteiger partial charge in [0.2, 0.25) is 0 Å². The minimum Gasteiger partial charge on any atom is -0.504 e. The summed E-state index contributed by atoms with van der Waals surface area (Å²) >= 11 is 0. The molecule has 2 rings (SSSR count). The number of carbonyl (C=O) groups excluding carboxylic acids is 2. The monoisotopic (exact) mass is 391 g/mol. The summed E-state index contributed by atoms with van der Waals surface area (Å²) in [6.07, 6.45) is 0.0207. The highest BCUT2D eigenvalue weighted by Gasteiger charge is 2.20. The Balaban J connectivity index is 2.37. The normalized spacial score (nSPS) is 10.1. The Morgan fingerprint density at radius 1 is 1.10 bits per heavy atom. The first kappa shape index (κ1) is 21.6. The van der Waals surface area contributed by atoms with Crippen LogP contribution in [0.5, 0.6) is 5.75 Å². The van der Waals surface area contributed by atoms with E-state index in [0.29, 0.717) is 17.7 Å². The zero-order valence-electron chi connectivity index (χ0n) is 16.6. The van der Waals surface area contributed by atoms with Gasteiger partial charge < -0.3 is 9.84 Å². The molecule has 148 valence electrons. The van der Waals surface area contributed by atoms with Crippen LogP contribution < -0.4 is 0 Å². The van der Waals surface area contributed by atoms with Crippen LogP contribution in [0, 0.1) is 36.5 Å². The van der Waals surface area contributed by atoms with E-state index in [1.807, 2.05) is 19.9 Å². The summed E-state index contributed by atoms with van der Waals surface area (Å²) in [6.45, 7) is 5.64. The van der Waals surface area contributed by atoms with E-state index in [4.69, 9.17) is 10.00 Å².